The van der Waals surface area contributed by atoms with Crippen molar-refractivity contribution in [2.24, 2.45) is 5.11 Å². The maximum Gasteiger partial charge on any atom is 0.351 e. The molecule has 0 radical (unpaired) electrons. The van der Waals surface area contributed by atoms with Crippen molar-refractivity contribution in [3.05, 3.63) is 159 Å². The zero-order chi connectivity index (χ0) is 42.2. The number of nitrogens with one attached hydrogen (secondary N) is 1. The van der Waals surface area contributed by atoms with Crippen LogP contribution in [0.2, 0.25) is 11.1 Å². The minimum Gasteiger partial charge on any atom is -0.497 e. The Balaban J connectivity index is 1.46. The van der Waals surface area contributed by atoms with Crippen LogP contribution in [0.1, 0.15) is 69.5 Å². The minimum atomic E-state index is -2.86. The number of benzene rings is 4. The highest BCUT2D eigenvalue weighted by Gasteiger charge is 2.50. The molecule has 2 heterocycles. The Morgan fingerprint density at radius 2 is 1.47 bits per heavy atom. The summed E-state index contributed by atoms with van der Waals surface area (Å²) in [5.74, 6) is 1.24. The molecule has 3 atom stereocenters. The largest absolute Gasteiger partial charge is 0.497 e. The summed E-state index contributed by atoms with van der Waals surface area (Å²) >= 11 is 0. The van der Waals surface area contributed by atoms with Gasteiger partial charge in [-0.25, -0.2) is 4.79 Å². The van der Waals surface area contributed by atoms with E-state index in [-0.39, 0.29) is 36.0 Å². The predicted molar refractivity (Wildman–Crippen MR) is 229 cm³/mol. The van der Waals surface area contributed by atoms with Crippen molar-refractivity contribution in [3.63, 3.8) is 0 Å². The lowest BCUT2D eigenvalue weighted by Gasteiger charge is -2.42. The summed E-state index contributed by atoms with van der Waals surface area (Å²) in [4.78, 5) is 32.3. The van der Waals surface area contributed by atoms with Gasteiger partial charge in [0.2, 0.25) is 14.2 Å². The molecule has 4 aromatic carbocycles. The molecule has 1 aliphatic heterocycles. The van der Waals surface area contributed by atoms with E-state index in [0.29, 0.717) is 17.9 Å². The van der Waals surface area contributed by atoms with E-state index in [4.69, 9.17) is 28.9 Å². The van der Waals surface area contributed by atoms with Gasteiger partial charge in [0.1, 0.15) is 35.2 Å². The van der Waals surface area contributed by atoms with Crippen LogP contribution in [0.3, 0.4) is 0 Å². The van der Waals surface area contributed by atoms with E-state index in [2.05, 4.69) is 60.2 Å². The molecule has 59 heavy (non-hydrogen) atoms. The summed E-state index contributed by atoms with van der Waals surface area (Å²) in [5, 5.41) is 7.43. The van der Waals surface area contributed by atoms with E-state index in [1.165, 1.54) is 11.5 Å². The highest BCUT2D eigenvalue weighted by molar-refractivity contribution is 6.88. The smallest absolute Gasteiger partial charge is 0.351 e. The van der Waals surface area contributed by atoms with Crippen LogP contribution in [0.15, 0.2) is 125 Å². The number of azide groups is 1. The number of rotatable bonds is 17. The fraction of sp³-hybridized carbons (Fsp3) is 0.356. The van der Waals surface area contributed by atoms with E-state index in [0.717, 1.165) is 27.4 Å². The van der Waals surface area contributed by atoms with E-state index in [9.17, 15) is 9.59 Å². The average molecular weight is 817 g/mol. The number of anilines is 1. The molecule has 1 fully saturated rings. The number of carbonyl (C=O) groups excluding carboxylic acids is 1. The van der Waals surface area contributed by atoms with Crippen molar-refractivity contribution in [1.29, 1.82) is 0 Å². The number of ether oxygens (including phenoxy) is 4. The second kappa shape index (κ2) is 18.9. The lowest BCUT2D eigenvalue weighted by Crippen LogP contribution is -2.59. The van der Waals surface area contributed by atoms with Gasteiger partial charge < -0.3 is 28.7 Å². The molecule has 0 spiro atoms. The molecule has 1 amide bonds. The van der Waals surface area contributed by atoms with Crippen LogP contribution >= 0.6 is 0 Å². The van der Waals surface area contributed by atoms with E-state index < -0.39 is 38.0 Å². The Labute approximate surface area is 346 Å². The van der Waals surface area contributed by atoms with Gasteiger partial charge in [-0.1, -0.05) is 112 Å². The van der Waals surface area contributed by atoms with Crippen LogP contribution < -0.4 is 25.7 Å². The van der Waals surface area contributed by atoms with Crippen LogP contribution in [-0.4, -0.2) is 56.8 Å². The van der Waals surface area contributed by atoms with Gasteiger partial charge in [0, 0.05) is 24.5 Å². The summed E-state index contributed by atoms with van der Waals surface area (Å²) in [6, 6.07) is 35.5. The molecular weight excluding hydrogens is 765 g/mol. The summed E-state index contributed by atoms with van der Waals surface area (Å²) < 4.78 is 34.3. The number of hydrogen-bond donors (Lipinski definition) is 1. The molecule has 1 N–H and O–H groups in total. The number of amides is 1. The highest BCUT2D eigenvalue weighted by Crippen LogP contribution is 2.44. The number of nitrogens with zero attached hydrogens (tertiary/aromatic N) is 5. The van der Waals surface area contributed by atoms with Crippen LogP contribution in [0.4, 0.5) is 5.82 Å². The first-order chi connectivity index (χ1) is 28.4. The van der Waals surface area contributed by atoms with Crippen LogP contribution in [-0.2, 0) is 30.8 Å². The SMILES string of the molecule is COc1ccc(C(OC[C@H]2O[C@@H](n3ccc(NC(C)=O)nc3=O)C[C@@H]2O[Si](c2ccc(CN=[N+]=[N-])cc2)(C(C)C)C(C)C)(c2ccccc2)c2ccc(OC)cc2)cc1. The number of methoxy groups -OCH3 is 2. The number of aromatic nitrogens is 2. The zero-order valence-corrected chi connectivity index (χ0v) is 35.6. The van der Waals surface area contributed by atoms with Crippen molar-refractivity contribution in [2.45, 2.75) is 82.7 Å². The third-order valence-electron chi connectivity index (χ3n) is 11.0. The van der Waals surface area contributed by atoms with Gasteiger partial charge in [0.05, 0.1) is 33.5 Å². The molecule has 1 saturated heterocycles. The van der Waals surface area contributed by atoms with Crippen LogP contribution in [0, 0.1) is 0 Å². The van der Waals surface area contributed by atoms with Crippen LogP contribution in [0.25, 0.3) is 10.4 Å². The number of carbonyl (C=O) groups is 1. The summed E-state index contributed by atoms with van der Waals surface area (Å²) in [7, 11) is 0.408. The van der Waals surface area contributed by atoms with Crippen molar-refractivity contribution in [3.8, 4) is 11.5 Å². The molecule has 5 aromatic rings. The summed E-state index contributed by atoms with van der Waals surface area (Å²) in [6.45, 7) is 10.5. The molecular formula is C45H52N6O7Si. The molecule has 0 saturated carbocycles. The van der Waals surface area contributed by atoms with E-state index in [1.807, 2.05) is 91.0 Å². The van der Waals surface area contributed by atoms with E-state index >= 15 is 0 Å². The Morgan fingerprint density at radius 3 is 1.98 bits per heavy atom. The maximum atomic E-state index is 13.5. The lowest BCUT2D eigenvalue weighted by molar-refractivity contribution is -0.114. The molecule has 0 aliphatic carbocycles. The quantitative estimate of drug-likeness (QED) is 0.0322. The van der Waals surface area contributed by atoms with Gasteiger partial charge in [-0.15, -0.1) is 0 Å². The molecule has 6 rings (SSSR count). The monoisotopic (exact) mass is 816 g/mol. The Bertz CT molecular complexity index is 2220. The first-order valence-corrected chi connectivity index (χ1v) is 21.8. The third kappa shape index (κ3) is 9.12. The van der Waals surface area contributed by atoms with Gasteiger partial charge >= 0.3 is 5.69 Å². The molecule has 14 heteroatoms. The van der Waals surface area contributed by atoms with Gasteiger partial charge in [0.25, 0.3) is 0 Å². The van der Waals surface area contributed by atoms with Crippen LogP contribution in [0.5, 0.6) is 11.5 Å². The van der Waals surface area contributed by atoms with Crippen molar-refractivity contribution < 1.29 is 28.2 Å². The van der Waals surface area contributed by atoms with Crippen molar-refractivity contribution in [2.75, 3.05) is 26.1 Å². The van der Waals surface area contributed by atoms with Gasteiger partial charge in [-0.05, 0) is 74.4 Å². The van der Waals surface area contributed by atoms with Gasteiger partial charge in [-0.2, -0.15) is 4.98 Å². The normalized spacial score (nSPS) is 16.8. The Morgan fingerprint density at radius 1 is 0.898 bits per heavy atom. The second-order valence-electron chi connectivity index (χ2n) is 15.2. The number of hydrogen-bond acceptors (Lipinski definition) is 9. The standard InChI is InChI=1S/C45H52N6O7Si/c1-30(2)59(31(3)4,39-23-13-33(14-24-39)28-47-50-46)58-40-27-43(51-26-25-42(48-32(5)52)49-44(51)53)57-41(40)29-56-45(34-11-9-8-10-12-34,35-15-19-37(54-6)20-16-35)36-17-21-38(55-7)22-18-36/h8-26,30-31,40-41,43H,27-29H2,1-7H3,(H,48,49,52,53)/t40-,41+,43+/m0/s1. The first-order valence-electron chi connectivity index (χ1n) is 19.7. The Kier molecular flexibility index (Phi) is 13.7. The highest BCUT2D eigenvalue weighted by atomic mass is 28.4. The topological polar surface area (TPSA) is 159 Å². The fourth-order valence-electron chi connectivity index (χ4n) is 8.22. The van der Waals surface area contributed by atoms with E-state index in [1.54, 1.807) is 26.5 Å². The van der Waals surface area contributed by atoms with Gasteiger partial charge in [0.15, 0.2) is 0 Å². The molecule has 1 aromatic heterocycles. The molecule has 1 aliphatic rings. The van der Waals surface area contributed by atoms with Crippen molar-refractivity contribution >= 4 is 25.2 Å². The molecule has 0 unspecified atom stereocenters. The zero-order valence-electron chi connectivity index (χ0n) is 34.6. The third-order valence-corrected chi connectivity index (χ3v) is 16.4. The molecule has 13 nitrogen and oxygen atoms in total. The first kappa shape index (κ1) is 42.8. The summed E-state index contributed by atoms with van der Waals surface area (Å²) in [5.41, 5.74) is 11.0. The molecule has 308 valence electrons. The fourth-order valence-corrected chi connectivity index (χ4v) is 13.0. The summed E-state index contributed by atoms with van der Waals surface area (Å²) in [6.07, 6.45) is 0.0238. The lowest BCUT2D eigenvalue weighted by atomic mass is 9.80. The maximum absolute atomic E-state index is 13.5. The van der Waals surface area contributed by atoms with Crippen molar-refractivity contribution in [1.82, 2.24) is 9.55 Å². The second-order valence-corrected chi connectivity index (χ2v) is 19.9. The Hall–Kier alpha value is -5.76. The predicted octanol–water partition coefficient (Wildman–Crippen LogP) is 8.38. The minimum absolute atomic E-state index is 0.0754. The molecule has 0 bridgehead atoms. The van der Waals surface area contributed by atoms with Gasteiger partial charge in [-0.3, -0.25) is 9.36 Å². The average Bonchev–Trinajstić information content (AvgIpc) is 3.64.